The molecule has 0 aliphatic heterocycles. The average molecular weight is 573 g/mol. The Kier molecular flexibility index (Phi) is 10.6. The molecule has 0 spiro atoms. The molecule has 0 saturated carbocycles. The average Bonchev–Trinajstić information content (AvgIpc) is 3.36. The van der Waals surface area contributed by atoms with E-state index in [1.807, 2.05) is 6.07 Å². The smallest absolute Gasteiger partial charge is 0.260 e. The van der Waals surface area contributed by atoms with Gasteiger partial charge in [0.15, 0.2) is 16.6 Å². The van der Waals surface area contributed by atoms with Crippen molar-refractivity contribution in [1.29, 1.82) is 0 Å². The van der Waals surface area contributed by atoms with Crippen molar-refractivity contribution in [3.63, 3.8) is 0 Å². The highest BCUT2D eigenvalue weighted by Gasteiger charge is 2.25. The number of hydrogen-bond donors (Lipinski definition) is 0. The lowest BCUT2D eigenvalue weighted by Crippen LogP contribution is -2.39. The van der Waals surface area contributed by atoms with E-state index in [4.69, 9.17) is 14.5 Å². The largest absolute Gasteiger partial charge is 0.493 e. The van der Waals surface area contributed by atoms with Crippen molar-refractivity contribution >= 4 is 42.6 Å². The molecule has 1 aromatic heterocycles. The van der Waals surface area contributed by atoms with Crippen molar-refractivity contribution in [2.45, 2.75) is 18.7 Å². The van der Waals surface area contributed by atoms with E-state index in [0.717, 1.165) is 17.8 Å². The van der Waals surface area contributed by atoms with Crippen LogP contribution in [0, 0.1) is 0 Å². The molecule has 0 bridgehead atoms. The summed E-state index contributed by atoms with van der Waals surface area (Å²) in [5.41, 5.74) is 1.06. The van der Waals surface area contributed by atoms with E-state index >= 15 is 0 Å². The minimum atomic E-state index is -3.77. The van der Waals surface area contributed by atoms with Crippen molar-refractivity contribution in [3.8, 4) is 11.5 Å². The SMILES string of the molecule is C=CCN(CC=C)S(=O)(=O)c1ccc(C(=O)N(CCN(CC)CC)c2nc3cc(OC)c(OC)cc3s2)cc1. The molecule has 9 nitrogen and oxygen atoms in total. The molecule has 0 saturated heterocycles. The number of likely N-dealkylation sites (N-methyl/N-ethyl adjacent to an activating group) is 1. The molecule has 1 heterocycles. The Balaban J connectivity index is 1.98. The maximum absolute atomic E-state index is 13.8. The van der Waals surface area contributed by atoms with Gasteiger partial charge in [-0.1, -0.05) is 37.3 Å². The first-order valence-corrected chi connectivity index (χ1v) is 14.9. The predicted molar refractivity (Wildman–Crippen MR) is 158 cm³/mol. The van der Waals surface area contributed by atoms with Gasteiger partial charge < -0.3 is 14.4 Å². The summed E-state index contributed by atoms with van der Waals surface area (Å²) < 4.78 is 39.2. The molecule has 3 rings (SSSR count). The number of rotatable bonds is 15. The van der Waals surface area contributed by atoms with Crippen LogP contribution in [0.5, 0.6) is 11.5 Å². The number of aromatic nitrogens is 1. The van der Waals surface area contributed by atoms with Crippen LogP contribution in [0.15, 0.2) is 66.6 Å². The second kappa shape index (κ2) is 13.7. The number of amides is 1. The van der Waals surface area contributed by atoms with Crippen LogP contribution in [0.4, 0.5) is 5.13 Å². The number of benzene rings is 2. The van der Waals surface area contributed by atoms with Gasteiger partial charge in [0.1, 0.15) is 0 Å². The van der Waals surface area contributed by atoms with Crippen molar-refractivity contribution in [3.05, 3.63) is 67.3 Å². The van der Waals surface area contributed by atoms with Crippen LogP contribution >= 0.6 is 11.3 Å². The second-order valence-electron chi connectivity index (χ2n) is 8.58. The number of carbonyl (C=O) groups excluding carboxylic acids is 1. The van der Waals surface area contributed by atoms with Gasteiger partial charge in [0.2, 0.25) is 10.0 Å². The zero-order valence-electron chi connectivity index (χ0n) is 22.9. The van der Waals surface area contributed by atoms with Crippen molar-refractivity contribution in [2.75, 3.05) is 58.4 Å². The molecular weight excluding hydrogens is 536 g/mol. The minimum Gasteiger partial charge on any atom is -0.493 e. The molecule has 39 heavy (non-hydrogen) atoms. The molecule has 3 aromatic rings. The van der Waals surface area contributed by atoms with Gasteiger partial charge in [0.05, 0.1) is 29.3 Å². The van der Waals surface area contributed by atoms with Crippen LogP contribution in [0.1, 0.15) is 24.2 Å². The Morgan fingerprint density at radius 2 is 1.56 bits per heavy atom. The lowest BCUT2D eigenvalue weighted by atomic mass is 10.2. The number of nitrogens with zero attached hydrogens (tertiary/aromatic N) is 4. The summed E-state index contributed by atoms with van der Waals surface area (Å²) in [4.78, 5) is 22.5. The standard InChI is InChI=1S/C28H36N4O5S2/c1-7-15-31(16-8-2)39(34,35)22-13-11-21(12-14-22)27(33)32(18-17-30(9-3)10-4)28-29-23-19-24(36-5)25(37-6)20-26(23)38-28/h7-8,11-14,19-20H,1-2,9-10,15-18H2,3-6H3. The molecule has 210 valence electrons. The summed E-state index contributed by atoms with van der Waals surface area (Å²) in [6.45, 7) is 14.5. The Morgan fingerprint density at radius 3 is 2.10 bits per heavy atom. The highest BCUT2D eigenvalue weighted by molar-refractivity contribution is 7.89. The highest BCUT2D eigenvalue weighted by atomic mass is 32.2. The van der Waals surface area contributed by atoms with Gasteiger partial charge in [-0.2, -0.15) is 4.31 Å². The number of methoxy groups -OCH3 is 2. The van der Waals surface area contributed by atoms with Gasteiger partial charge >= 0.3 is 0 Å². The monoisotopic (exact) mass is 572 g/mol. The molecule has 0 unspecified atom stereocenters. The third-order valence-electron chi connectivity index (χ3n) is 6.30. The lowest BCUT2D eigenvalue weighted by molar-refractivity contribution is 0.0983. The van der Waals surface area contributed by atoms with Gasteiger partial charge in [-0.05, 0) is 37.4 Å². The van der Waals surface area contributed by atoms with Gasteiger partial charge in [0, 0.05) is 43.9 Å². The summed E-state index contributed by atoms with van der Waals surface area (Å²) >= 11 is 1.38. The molecule has 0 radical (unpaired) electrons. The molecule has 0 fully saturated rings. The van der Waals surface area contributed by atoms with Crippen LogP contribution in [-0.4, -0.2) is 82.0 Å². The molecule has 2 aromatic carbocycles. The van der Waals surface area contributed by atoms with Crippen LogP contribution < -0.4 is 14.4 Å². The first-order chi connectivity index (χ1) is 18.7. The fourth-order valence-electron chi connectivity index (χ4n) is 4.06. The van der Waals surface area contributed by atoms with Gasteiger partial charge in [-0.15, -0.1) is 13.2 Å². The maximum Gasteiger partial charge on any atom is 0.260 e. The van der Waals surface area contributed by atoms with Crippen molar-refractivity contribution in [1.82, 2.24) is 14.2 Å². The van der Waals surface area contributed by atoms with Crippen LogP contribution in [0.2, 0.25) is 0 Å². The van der Waals surface area contributed by atoms with E-state index in [1.165, 1.54) is 39.9 Å². The quantitative estimate of drug-likeness (QED) is 0.245. The zero-order chi connectivity index (χ0) is 28.6. The van der Waals surface area contributed by atoms with Crippen LogP contribution in [0.25, 0.3) is 10.2 Å². The number of hydrogen-bond acceptors (Lipinski definition) is 8. The van der Waals surface area contributed by atoms with E-state index in [-0.39, 0.29) is 23.9 Å². The summed E-state index contributed by atoms with van der Waals surface area (Å²) in [7, 11) is -0.637. The number of anilines is 1. The fraction of sp³-hybridized carbons (Fsp3) is 0.357. The maximum atomic E-state index is 13.8. The first-order valence-electron chi connectivity index (χ1n) is 12.6. The number of carbonyl (C=O) groups is 1. The van der Waals surface area contributed by atoms with E-state index in [1.54, 1.807) is 37.3 Å². The summed E-state index contributed by atoms with van der Waals surface area (Å²) in [6.07, 6.45) is 3.05. The molecular formula is C28H36N4O5S2. The molecule has 0 atom stereocenters. The number of sulfonamides is 1. The molecule has 0 aliphatic rings. The molecule has 1 amide bonds. The Morgan fingerprint density at radius 1 is 0.974 bits per heavy atom. The Hall–Kier alpha value is -3.25. The second-order valence-corrected chi connectivity index (χ2v) is 11.5. The fourth-order valence-corrected chi connectivity index (χ4v) is 6.44. The zero-order valence-corrected chi connectivity index (χ0v) is 24.6. The highest BCUT2D eigenvalue weighted by Crippen LogP contribution is 2.37. The van der Waals surface area contributed by atoms with E-state index < -0.39 is 10.0 Å². The van der Waals surface area contributed by atoms with Crippen molar-refractivity contribution < 1.29 is 22.7 Å². The van der Waals surface area contributed by atoms with Gasteiger partial charge in [-0.25, -0.2) is 13.4 Å². The molecule has 0 N–H and O–H groups in total. The topological polar surface area (TPSA) is 92.3 Å². The van der Waals surface area contributed by atoms with Gasteiger partial charge in [0.25, 0.3) is 5.91 Å². The molecule has 11 heteroatoms. The van der Waals surface area contributed by atoms with Crippen LogP contribution in [0.3, 0.4) is 0 Å². The Bertz CT molecular complexity index is 1350. The normalized spacial score (nSPS) is 11.6. The molecule has 0 aliphatic carbocycles. The summed E-state index contributed by atoms with van der Waals surface area (Å²) in [5, 5.41) is 0.539. The van der Waals surface area contributed by atoms with E-state index in [9.17, 15) is 13.2 Å². The summed E-state index contributed by atoms with van der Waals surface area (Å²) in [6, 6.07) is 9.63. The first kappa shape index (κ1) is 30.3. The Labute approximate surface area is 235 Å². The predicted octanol–water partition coefficient (Wildman–Crippen LogP) is 4.66. The van der Waals surface area contributed by atoms with Gasteiger partial charge in [-0.3, -0.25) is 9.69 Å². The van der Waals surface area contributed by atoms with Crippen molar-refractivity contribution in [2.24, 2.45) is 0 Å². The minimum absolute atomic E-state index is 0.0941. The van der Waals surface area contributed by atoms with E-state index in [0.29, 0.717) is 40.8 Å². The van der Waals surface area contributed by atoms with Crippen LogP contribution in [-0.2, 0) is 10.0 Å². The number of ether oxygens (including phenoxy) is 2. The number of fused-ring (bicyclic) bond motifs is 1. The third kappa shape index (κ3) is 6.85. The third-order valence-corrected chi connectivity index (χ3v) is 9.18. The summed E-state index contributed by atoms with van der Waals surface area (Å²) in [5.74, 6) is 0.875. The lowest BCUT2D eigenvalue weighted by Gasteiger charge is -2.25. The number of thiazole rings is 1. The van der Waals surface area contributed by atoms with E-state index in [2.05, 4.69) is 31.9 Å².